The second-order valence-corrected chi connectivity index (χ2v) is 4.97. The Labute approximate surface area is 110 Å². The van der Waals surface area contributed by atoms with E-state index in [1.807, 2.05) is 6.92 Å². The Kier molecular flexibility index (Phi) is 6.05. The molecule has 0 aromatic heterocycles. The molecule has 0 heterocycles. The maximum Gasteiger partial charge on any atom is 0.326 e. The highest BCUT2D eigenvalue weighted by atomic mass is 16.5. The van der Waals surface area contributed by atoms with E-state index in [4.69, 9.17) is 9.47 Å². The molecule has 0 aromatic carbocycles. The first-order valence-corrected chi connectivity index (χ1v) is 6.62. The first-order valence-electron chi connectivity index (χ1n) is 6.62. The summed E-state index contributed by atoms with van der Waals surface area (Å²) in [6.45, 7) is 4.42. The number of rotatable bonds is 7. The van der Waals surface area contributed by atoms with Crippen LogP contribution in [-0.4, -0.2) is 63.4 Å². The zero-order valence-electron chi connectivity index (χ0n) is 12.0. The van der Waals surface area contributed by atoms with E-state index in [9.17, 15) is 4.79 Å². The normalized spacial score (nSPS) is 27.7. The average molecular weight is 258 g/mol. The van der Waals surface area contributed by atoms with Crippen LogP contribution in [0.4, 0.5) is 0 Å². The highest BCUT2D eigenvalue weighted by molar-refractivity contribution is 5.81. The first-order chi connectivity index (χ1) is 8.59. The van der Waals surface area contributed by atoms with Crippen molar-refractivity contribution in [2.24, 2.45) is 0 Å². The van der Waals surface area contributed by atoms with Gasteiger partial charge in [-0.3, -0.25) is 4.79 Å². The van der Waals surface area contributed by atoms with Gasteiger partial charge < -0.3 is 19.7 Å². The lowest BCUT2D eigenvalue weighted by molar-refractivity contribution is -0.148. The second-order valence-electron chi connectivity index (χ2n) is 4.97. The molecule has 0 bridgehead atoms. The molecule has 0 aromatic rings. The van der Waals surface area contributed by atoms with Crippen molar-refractivity contribution < 1.29 is 14.3 Å². The van der Waals surface area contributed by atoms with Crippen molar-refractivity contribution in [3.8, 4) is 0 Å². The Hall–Kier alpha value is -0.650. The number of nitrogens with one attached hydrogen (secondary N) is 1. The van der Waals surface area contributed by atoms with Crippen LogP contribution >= 0.6 is 0 Å². The fraction of sp³-hybridized carbons (Fsp3) is 0.923. The third kappa shape index (κ3) is 3.43. The van der Waals surface area contributed by atoms with Crippen molar-refractivity contribution in [1.82, 2.24) is 10.2 Å². The molecule has 1 rings (SSSR count). The Balaban J connectivity index is 2.62. The topological polar surface area (TPSA) is 50.8 Å². The summed E-state index contributed by atoms with van der Waals surface area (Å²) in [7, 11) is 5.26. The molecule has 0 radical (unpaired) electrons. The highest BCUT2D eigenvalue weighted by Gasteiger charge is 2.46. The van der Waals surface area contributed by atoms with Crippen LogP contribution in [0.1, 0.15) is 26.2 Å². The molecule has 1 aliphatic rings. The van der Waals surface area contributed by atoms with Gasteiger partial charge in [0.2, 0.25) is 0 Å². The maximum atomic E-state index is 12.0. The SMILES string of the molecule is CCNC1(C(=O)OC)CCC(N(C)CCOC)C1. The van der Waals surface area contributed by atoms with E-state index >= 15 is 0 Å². The Morgan fingerprint density at radius 3 is 2.78 bits per heavy atom. The van der Waals surface area contributed by atoms with Gasteiger partial charge in [-0.05, 0) is 32.9 Å². The molecular weight excluding hydrogens is 232 g/mol. The van der Waals surface area contributed by atoms with Gasteiger partial charge in [0.15, 0.2) is 0 Å². The van der Waals surface area contributed by atoms with Gasteiger partial charge in [-0.1, -0.05) is 6.92 Å². The molecule has 1 fully saturated rings. The molecule has 0 aliphatic heterocycles. The van der Waals surface area contributed by atoms with Gasteiger partial charge >= 0.3 is 5.97 Å². The number of hydrogen-bond donors (Lipinski definition) is 1. The highest BCUT2D eigenvalue weighted by Crippen LogP contribution is 2.33. The summed E-state index contributed by atoms with van der Waals surface area (Å²) >= 11 is 0. The summed E-state index contributed by atoms with van der Waals surface area (Å²) in [6.07, 6.45) is 2.67. The van der Waals surface area contributed by atoms with Gasteiger partial charge in [0, 0.05) is 19.7 Å². The van der Waals surface area contributed by atoms with Crippen molar-refractivity contribution in [1.29, 1.82) is 0 Å². The monoisotopic (exact) mass is 258 g/mol. The van der Waals surface area contributed by atoms with Crippen molar-refractivity contribution in [2.45, 2.75) is 37.8 Å². The van der Waals surface area contributed by atoms with Gasteiger partial charge in [-0.2, -0.15) is 0 Å². The van der Waals surface area contributed by atoms with Gasteiger partial charge in [-0.25, -0.2) is 0 Å². The van der Waals surface area contributed by atoms with E-state index in [1.165, 1.54) is 7.11 Å². The summed E-state index contributed by atoms with van der Waals surface area (Å²) in [5.74, 6) is -0.132. The molecule has 0 saturated heterocycles. The predicted octanol–water partition coefficient (Wildman–Crippen LogP) is 0.638. The van der Waals surface area contributed by atoms with Crippen LogP contribution in [-0.2, 0) is 14.3 Å². The summed E-state index contributed by atoms with van der Waals surface area (Å²) < 4.78 is 10.0. The lowest BCUT2D eigenvalue weighted by atomic mass is 9.97. The standard InChI is InChI=1S/C13H26N2O3/c1-5-14-13(12(16)18-4)7-6-11(10-13)15(2)8-9-17-3/h11,14H,5-10H2,1-4H3. The number of carbonyl (C=O) groups is 1. The van der Waals surface area contributed by atoms with E-state index < -0.39 is 5.54 Å². The number of hydrogen-bond acceptors (Lipinski definition) is 5. The van der Waals surface area contributed by atoms with Crippen LogP contribution < -0.4 is 5.32 Å². The van der Waals surface area contributed by atoms with E-state index in [2.05, 4.69) is 17.3 Å². The van der Waals surface area contributed by atoms with Gasteiger partial charge in [0.05, 0.1) is 13.7 Å². The summed E-state index contributed by atoms with van der Waals surface area (Å²) in [5, 5.41) is 3.32. The number of methoxy groups -OCH3 is 2. The number of esters is 1. The summed E-state index contributed by atoms with van der Waals surface area (Å²) in [5.41, 5.74) is -0.491. The van der Waals surface area contributed by atoms with Crippen LogP contribution in [0.2, 0.25) is 0 Å². The van der Waals surface area contributed by atoms with Crippen molar-refractivity contribution >= 4 is 5.97 Å². The predicted molar refractivity (Wildman–Crippen MR) is 70.6 cm³/mol. The maximum absolute atomic E-state index is 12.0. The first kappa shape index (κ1) is 15.4. The molecule has 5 heteroatoms. The molecule has 18 heavy (non-hydrogen) atoms. The third-order valence-electron chi connectivity index (χ3n) is 3.85. The van der Waals surface area contributed by atoms with Crippen LogP contribution in [0.15, 0.2) is 0 Å². The molecule has 0 spiro atoms. The van der Waals surface area contributed by atoms with E-state index in [1.54, 1.807) is 7.11 Å². The Morgan fingerprint density at radius 1 is 1.50 bits per heavy atom. The molecule has 1 aliphatic carbocycles. The Bertz CT molecular complexity index is 273. The van der Waals surface area contributed by atoms with Crippen LogP contribution in [0.25, 0.3) is 0 Å². The van der Waals surface area contributed by atoms with Gasteiger partial charge in [0.25, 0.3) is 0 Å². The molecule has 106 valence electrons. The molecule has 2 unspecified atom stereocenters. The molecule has 5 nitrogen and oxygen atoms in total. The Morgan fingerprint density at radius 2 is 2.22 bits per heavy atom. The largest absolute Gasteiger partial charge is 0.468 e. The zero-order valence-corrected chi connectivity index (χ0v) is 12.0. The molecular formula is C13H26N2O3. The van der Waals surface area contributed by atoms with E-state index in [0.717, 1.165) is 39.0 Å². The number of likely N-dealkylation sites (N-methyl/N-ethyl adjacent to an activating group) is 2. The summed E-state index contributed by atoms with van der Waals surface area (Å²) in [4.78, 5) is 14.2. The van der Waals surface area contributed by atoms with E-state index in [0.29, 0.717) is 6.04 Å². The van der Waals surface area contributed by atoms with Gasteiger partial charge in [-0.15, -0.1) is 0 Å². The van der Waals surface area contributed by atoms with Crippen LogP contribution in [0.3, 0.4) is 0 Å². The van der Waals surface area contributed by atoms with Gasteiger partial charge in [0.1, 0.15) is 5.54 Å². The lowest BCUT2D eigenvalue weighted by Gasteiger charge is -2.29. The second kappa shape index (κ2) is 7.07. The fourth-order valence-corrected chi connectivity index (χ4v) is 2.77. The molecule has 0 amide bonds. The number of carbonyl (C=O) groups excluding carboxylic acids is 1. The zero-order chi connectivity index (χ0) is 13.6. The minimum atomic E-state index is -0.491. The van der Waals surface area contributed by atoms with Crippen LogP contribution in [0.5, 0.6) is 0 Å². The van der Waals surface area contributed by atoms with Crippen molar-refractivity contribution in [3.63, 3.8) is 0 Å². The fourth-order valence-electron chi connectivity index (χ4n) is 2.77. The molecule has 1 saturated carbocycles. The summed E-state index contributed by atoms with van der Waals surface area (Å²) in [6, 6.07) is 0.415. The van der Waals surface area contributed by atoms with Crippen molar-refractivity contribution in [2.75, 3.05) is 41.0 Å². The van der Waals surface area contributed by atoms with Crippen molar-refractivity contribution in [3.05, 3.63) is 0 Å². The smallest absolute Gasteiger partial charge is 0.326 e. The van der Waals surface area contributed by atoms with E-state index in [-0.39, 0.29) is 5.97 Å². The third-order valence-corrected chi connectivity index (χ3v) is 3.85. The minimum absolute atomic E-state index is 0.132. The number of nitrogens with zero attached hydrogens (tertiary/aromatic N) is 1. The van der Waals surface area contributed by atoms with Crippen LogP contribution in [0, 0.1) is 0 Å². The average Bonchev–Trinajstić information content (AvgIpc) is 2.81. The quantitative estimate of drug-likeness (QED) is 0.679. The molecule has 1 N–H and O–H groups in total. The minimum Gasteiger partial charge on any atom is -0.468 e. The number of ether oxygens (including phenoxy) is 2. The molecule has 2 atom stereocenters. The lowest BCUT2D eigenvalue weighted by Crippen LogP contribution is -2.51.